The summed E-state index contributed by atoms with van der Waals surface area (Å²) in [4.78, 5) is 4.19. The lowest BCUT2D eigenvalue weighted by atomic mass is 10.1. The van der Waals surface area contributed by atoms with Crippen LogP contribution in [0.3, 0.4) is 0 Å². The highest BCUT2D eigenvalue weighted by atomic mass is 16.3. The monoisotopic (exact) mass is 222 g/mol. The number of rotatable bonds is 4. The molecular weight excluding hydrogens is 200 g/mol. The molecule has 0 saturated heterocycles. The Hall–Kier alpha value is -1.48. The molecular formula is C13H18N2O. The smallest absolute Gasteiger partial charge is 0.125 e. The summed E-state index contributed by atoms with van der Waals surface area (Å²) in [5, 5.41) is 10.3. The van der Waals surface area contributed by atoms with Gasteiger partial charge in [-0.05, 0) is 37.7 Å². The standard InChI is InChI=1S/C13H18N2O/c1-3-15(2)8-7-10-9-14-11-5-4-6-12(16)13(10)11/h4-6,9,14,16H,3,7-8H2,1-2H3/i7D2,8D2. The molecule has 0 amide bonds. The summed E-state index contributed by atoms with van der Waals surface area (Å²) in [7, 11) is 1.53. The summed E-state index contributed by atoms with van der Waals surface area (Å²) in [6.45, 7) is -0.0550. The average molecular weight is 222 g/mol. The molecule has 0 aliphatic rings. The van der Waals surface area contributed by atoms with Crippen LogP contribution in [0.4, 0.5) is 0 Å². The number of likely N-dealkylation sites (N-methyl/N-ethyl adjacent to an activating group) is 1. The summed E-state index contributed by atoms with van der Waals surface area (Å²) < 4.78 is 32.6. The second-order valence-electron chi connectivity index (χ2n) is 3.65. The Kier molecular flexibility index (Phi) is 1.99. The quantitative estimate of drug-likeness (QED) is 0.833. The van der Waals surface area contributed by atoms with E-state index >= 15 is 0 Å². The fourth-order valence-electron chi connectivity index (χ4n) is 1.50. The number of aromatic amines is 1. The zero-order chi connectivity index (χ0) is 15.1. The molecule has 1 aromatic carbocycles. The molecule has 2 N–H and O–H groups in total. The first kappa shape index (κ1) is 6.97. The molecule has 0 aliphatic heterocycles. The van der Waals surface area contributed by atoms with Gasteiger partial charge in [0.05, 0.1) is 0 Å². The van der Waals surface area contributed by atoms with Crippen LogP contribution < -0.4 is 0 Å². The number of nitrogens with zero attached hydrogens (tertiary/aromatic N) is 1. The van der Waals surface area contributed by atoms with E-state index in [0.717, 1.165) is 0 Å². The Labute approximate surface area is 101 Å². The van der Waals surface area contributed by atoms with E-state index in [1.807, 2.05) is 0 Å². The van der Waals surface area contributed by atoms with Gasteiger partial charge in [0.25, 0.3) is 0 Å². The summed E-state index contributed by atoms with van der Waals surface area (Å²) in [6.07, 6.45) is -0.847. The number of aryl methyl sites for hydroxylation is 1. The molecule has 0 fully saturated rings. The second kappa shape index (κ2) is 4.58. The Morgan fingerprint density at radius 2 is 2.31 bits per heavy atom. The number of aromatic hydroxyl groups is 1. The van der Waals surface area contributed by atoms with E-state index in [2.05, 4.69) is 4.98 Å². The van der Waals surface area contributed by atoms with E-state index < -0.39 is 12.9 Å². The zero-order valence-corrected chi connectivity index (χ0v) is 9.41. The van der Waals surface area contributed by atoms with E-state index in [1.165, 1.54) is 24.2 Å². The third-order valence-electron chi connectivity index (χ3n) is 2.54. The number of benzene rings is 1. The van der Waals surface area contributed by atoms with Gasteiger partial charge in [-0.2, -0.15) is 0 Å². The molecule has 16 heavy (non-hydrogen) atoms. The summed E-state index contributed by atoms with van der Waals surface area (Å²) in [6, 6.07) is 4.84. The van der Waals surface area contributed by atoms with Crippen LogP contribution in [0.5, 0.6) is 5.75 Å². The number of hydrogen-bond acceptors (Lipinski definition) is 2. The Morgan fingerprint density at radius 3 is 3.06 bits per heavy atom. The van der Waals surface area contributed by atoms with Gasteiger partial charge in [-0.1, -0.05) is 13.0 Å². The Balaban J connectivity index is 2.63. The minimum absolute atomic E-state index is 0.0578. The zero-order valence-electron chi connectivity index (χ0n) is 13.4. The lowest BCUT2D eigenvalue weighted by Gasteiger charge is -2.12. The summed E-state index contributed by atoms with van der Waals surface area (Å²) in [5.74, 6) is -0.0578. The Morgan fingerprint density at radius 1 is 1.50 bits per heavy atom. The molecule has 0 atom stereocenters. The molecule has 0 unspecified atom stereocenters. The lowest BCUT2D eigenvalue weighted by molar-refractivity contribution is 0.358. The van der Waals surface area contributed by atoms with Crippen molar-refractivity contribution in [3.05, 3.63) is 30.0 Å². The van der Waals surface area contributed by atoms with E-state index in [-0.39, 0.29) is 11.3 Å². The maximum absolute atomic E-state index is 9.94. The molecule has 0 radical (unpaired) electrons. The van der Waals surface area contributed by atoms with Gasteiger partial charge < -0.3 is 15.0 Å². The van der Waals surface area contributed by atoms with Crippen molar-refractivity contribution in [3.63, 3.8) is 0 Å². The van der Waals surface area contributed by atoms with Gasteiger partial charge in [0.2, 0.25) is 0 Å². The molecule has 2 rings (SSSR count). The minimum atomic E-state index is -2.27. The van der Waals surface area contributed by atoms with Crippen LogP contribution in [0.2, 0.25) is 0 Å². The molecule has 3 nitrogen and oxygen atoms in total. The SMILES string of the molecule is [2H]C([2H])(c1c[nH]c2cccc(O)c12)C([2H])([2H])N(C)CC. The fraction of sp³-hybridized carbons (Fsp3) is 0.385. The Bertz CT molecular complexity index is 624. The van der Waals surface area contributed by atoms with Gasteiger partial charge in [0.1, 0.15) is 5.75 Å². The molecule has 0 spiro atoms. The van der Waals surface area contributed by atoms with Gasteiger partial charge in [-0.3, -0.25) is 0 Å². The van der Waals surface area contributed by atoms with Crippen LogP contribution in [0, 0.1) is 0 Å². The number of aromatic nitrogens is 1. The molecule has 1 aromatic heterocycles. The largest absolute Gasteiger partial charge is 0.507 e. The van der Waals surface area contributed by atoms with Crippen molar-refractivity contribution in [1.82, 2.24) is 9.88 Å². The van der Waals surface area contributed by atoms with Crippen molar-refractivity contribution in [3.8, 4) is 5.75 Å². The second-order valence-corrected chi connectivity index (χ2v) is 3.65. The van der Waals surface area contributed by atoms with Crippen LogP contribution in [0.15, 0.2) is 24.4 Å². The molecule has 86 valence electrons. The predicted octanol–water partition coefficient (Wildman–Crippen LogP) is 2.37. The average Bonchev–Trinajstić information content (AvgIpc) is 2.83. The maximum Gasteiger partial charge on any atom is 0.125 e. The lowest BCUT2D eigenvalue weighted by Crippen LogP contribution is -2.20. The number of fused-ring (bicyclic) bond motifs is 1. The van der Waals surface area contributed by atoms with Crippen LogP contribution in [-0.2, 0) is 6.37 Å². The third kappa shape index (κ3) is 2.04. The number of phenolic OH excluding ortho intramolecular Hbond substituents is 1. The van der Waals surface area contributed by atoms with Crippen LogP contribution >= 0.6 is 0 Å². The fourth-order valence-corrected chi connectivity index (χ4v) is 1.50. The highest BCUT2D eigenvalue weighted by molar-refractivity contribution is 5.88. The van der Waals surface area contributed by atoms with Crippen LogP contribution in [0.25, 0.3) is 10.9 Å². The van der Waals surface area contributed by atoms with Crippen molar-refractivity contribution in [2.24, 2.45) is 0 Å². The van der Waals surface area contributed by atoms with Gasteiger partial charge in [0, 0.05) is 29.1 Å². The van der Waals surface area contributed by atoms with Gasteiger partial charge in [-0.15, -0.1) is 0 Å². The molecule has 1 heterocycles. The van der Waals surface area contributed by atoms with E-state index in [4.69, 9.17) is 5.48 Å². The third-order valence-corrected chi connectivity index (χ3v) is 2.54. The van der Waals surface area contributed by atoms with E-state index in [0.29, 0.717) is 17.4 Å². The van der Waals surface area contributed by atoms with Crippen LogP contribution in [-0.4, -0.2) is 35.1 Å². The van der Waals surface area contributed by atoms with Gasteiger partial charge in [0.15, 0.2) is 0 Å². The topological polar surface area (TPSA) is 39.3 Å². The number of nitrogens with one attached hydrogen (secondary N) is 1. The molecule has 0 aliphatic carbocycles. The van der Waals surface area contributed by atoms with Gasteiger partial charge in [-0.25, -0.2) is 0 Å². The molecule has 3 heteroatoms. The van der Waals surface area contributed by atoms with Crippen molar-refractivity contribution < 1.29 is 10.6 Å². The van der Waals surface area contributed by atoms with Crippen molar-refractivity contribution in [2.45, 2.75) is 13.3 Å². The normalized spacial score (nSPS) is 16.9. The number of phenols is 1. The first-order valence-corrected chi connectivity index (χ1v) is 5.24. The summed E-state index contributed by atoms with van der Waals surface area (Å²) >= 11 is 0. The molecule has 2 aromatic rings. The number of hydrogen-bond donors (Lipinski definition) is 2. The molecule has 0 saturated carbocycles. The highest BCUT2D eigenvalue weighted by Crippen LogP contribution is 2.27. The van der Waals surface area contributed by atoms with Crippen LogP contribution in [0.1, 0.15) is 18.0 Å². The van der Waals surface area contributed by atoms with Gasteiger partial charge >= 0.3 is 0 Å². The minimum Gasteiger partial charge on any atom is -0.507 e. The predicted molar refractivity (Wildman–Crippen MR) is 66.8 cm³/mol. The van der Waals surface area contributed by atoms with Crippen molar-refractivity contribution in [1.29, 1.82) is 0 Å². The van der Waals surface area contributed by atoms with Crippen molar-refractivity contribution in [2.75, 3.05) is 20.1 Å². The van der Waals surface area contributed by atoms with Crippen molar-refractivity contribution >= 4 is 10.9 Å². The highest BCUT2D eigenvalue weighted by Gasteiger charge is 2.07. The van der Waals surface area contributed by atoms with E-state index in [9.17, 15) is 5.11 Å². The molecule has 0 bridgehead atoms. The van der Waals surface area contributed by atoms with E-state index in [1.54, 1.807) is 19.1 Å². The number of H-pyrrole nitrogens is 1. The summed E-state index contributed by atoms with van der Waals surface area (Å²) in [5.41, 5.74) is 0.703. The first-order chi connectivity index (χ1) is 9.23. The maximum atomic E-state index is 9.94. The first-order valence-electron chi connectivity index (χ1n) is 7.24.